The molecule has 0 aliphatic heterocycles. The average Bonchev–Trinajstić information content (AvgIpc) is 2.88. The fraction of sp³-hybridized carbons (Fsp3) is 0.294. The molecule has 0 saturated carbocycles. The van der Waals surface area contributed by atoms with Crippen molar-refractivity contribution in [2.45, 2.75) is 6.92 Å². The molecule has 0 fully saturated rings. The number of aromatic nitrogens is 2. The van der Waals surface area contributed by atoms with E-state index in [1.54, 1.807) is 57.3 Å². The highest BCUT2D eigenvalue weighted by molar-refractivity contribution is 6.01. The molecule has 128 valence electrons. The van der Waals surface area contributed by atoms with Crippen LogP contribution in [0.4, 0.5) is 5.82 Å². The maximum absolute atomic E-state index is 12.1. The topological polar surface area (TPSA) is 74.6 Å². The molecule has 1 aromatic carbocycles. The maximum Gasteiger partial charge on any atom is 0.249 e. The molecule has 1 N–H and O–H groups in total. The summed E-state index contributed by atoms with van der Waals surface area (Å²) >= 11 is 0. The summed E-state index contributed by atoms with van der Waals surface area (Å²) in [5.41, 5.74) is 1.59. The second-order valence-electron chi connectivity index (χ2n) is 5.08. The van der Waals surface area contributed by atoms with Crippen LogP contribution in [0.3, 0.4) is 0 Å². The lowest BCUT2D eigenvalue weighted by Gasteiger charge is -2.12. The monoisotopic (exact) mass is 331 g/mol. The van der Waals surface area contributed by atoms with Gasteiger partial charge in [-0.3, -0.25) is 9.48 Å². The van der Waals surface area contributed by atoms with E-state index in [1.807, 2.05) is 6.92 Å². The number of hydrogen-bond donors (Lipinski definition) is 1. The number of benzene rings is 1. The van der Waals surface area contributed by atoms with Crippen LogP contribution >= 0.6 is 0 Å². The van der Waals surface area contributed by atoms with Crippen LogP contribution < -0.4 is 19.5 Å². The van der Waals surface area contributed by atoms with E-state index in [2.05, 4.69) is 10.4 Å². The van der Waals surface area contributed by atoms with E-state index >= 15 is 0 Å². The van der Waals surface area contributed by atoms with E-state index < -0.39 is 0 Å². The van der Waals surface area contributed by atoms with Gasteiger partial charge in [-0.15, -0.1) is 0 Å². The van der Waals surface area contributed by atoms with E-state index in [9.17, 15) is 4.79 Å². The Morgan fingerprint density at radius 2 is 1.75 bits per heavy atom. The lowest BCUT2D eigenvalue weighted by atomic mass is 10.1. The molecule has 2 aromatic rings. The zero-order chi connectivity index (χ0) is 17.7. The Labute approximate surface area is 140 Å². The Morgan fingerprint density at radius 3 is 2.21 bits per heavy atom. The number of aryl methyl sites for hydroxylation is 2. The molecule has 7 heteroatoms. The van der Waals surface area contributed by atoms with Crippen LogP contribution in [0.15, 0.2) is 24.3 Å². The minimum Gasteiger partial charge on any atom is -0.493 e. The molecule has 7 nitrogen and oxygen atoms in total. The van der Waals surface area contributed by atoms with Crippen molar-refractivity contribution >= 4 is 17.8 Å². The molecule has 0 atom stereocenters. The summed E-state index contributed by atoms with van der Waals surface area (Å²) < 4.78 is 17.5. The molecular formula is C17H21N3O4. The Kier molecular flexibility index (Phi) is 5.47. The summed E-state index contributed by atoms with van der Waals surface area (Å²) in [5.74, 6) is 1.93. The lowest BCUT2D eigenvalue weighted by molar-refractivity contribution is -0.111. The Hall–Kier alpha value is -2.96. The van der Waals surface area contributed by atoms with E-state index in [1.165, 1.54) is 6.08 Å². The van der Waals surface area contributed by atoms with Crippen LogP contribution in [0.2, 0.25) is 0 Å². The van der Waals surface area contributed by atoms with Crippen LogP contribution in [0.25, 0.3) is 6.08 Å². The third kappa shape index (κ3) is 3.87. The smallest absolute Gasteiger partial charge is 0.249 e. The Balaban J connectivity index is 2.19. The van der Waals surface area contributed by atoms with Gasteiger partial charge in [-0.25, -0.2) is 0 Å². The summed E-state index contributed by atoms with van der Waals surface area (Å²) in [5, 5.41) is 6.95. The number of nitrogens with one attached hydrogen (secondary N) is 1. The molecule has 24 heavy (non-hydrogen) atoms. The predicted octanol–water partition coefficient (Wildman–Crippen LogP) is 2.41. The third-order valence-corrected chi connectivity index (χ3v) is 3.37. The maximum atomic E-state index is 12.1. The molecule has 0 spiro atoms. The molecular weight excluding hydrogens is 310 g/mol. The molecule has 1 aromatic heterocycles. The van der Waals surface area contributed by atoms with Gasteiger partial charge in [0.25, 0.3) is 0 Å². The van der Waals surface area contributed by atoms with E-state index in [0.717, 1.165) is 11.3 Å². The fourth-order valence-corrected chi connectivity index (χ4v) is 2.26. The first-order valence-corrected chi connectivity index (χ1v) is 7.28. The summed E-state index contributed by atoms with van der Waals surface area (Å²) in [4.78, 5) is 12.1. The van der Waals surface area contributed by atoms with Gasteiger partial charge in [0.15, 0.2) is 11.5 Å². The van der Waals surface area contributed by atoms with Crippen molar-refractivity contribution in [1.29, 1.82) is 0 Å². The fourth-order valence-electron chi connectivity index (χ4n) is 2.26. The first-order valence-electron chi connectivity index (χ1n) is 7.28. The molecule has 0 radical (unpaired) electrons. The van der Waals surface area contributed by atoms with Gasteiger partial charge in [0.1, 0.15) is 5.82 Å². The Bertz CT molecular complexity index is 740. The van der Waals surface area contributed by atoms with Gasteiger partial charge < -0.3 is 19.5 Å². The van der Waals surface area contributed by atoms with Crippen LogP contribution in [0.5, 0.6) is 17.2 Å². The van der Waals surface area contributed by atoms with Crippen molar-refractivity contribution in [3.63, 3.8) is 0 Å². The highest BCUT2D eigenvalue weighted by Crippen LogP contribution is 2.38. The van der Waals surface area contributed by atoms with Crippen molar-refractivity contribution in [3.05, 3.63) is 35.5 Å². The summed E-state index contributed by atoms with van der Waals surface area (Å²) in [6.07, 6.45) is 3.10. The van der Waals surface area contributed by atoms with Crippen molar-refractivity contribution in [1.82, 2.24) is 9.78 Å². The number of rotatable bonds is 6. The highest BCUT2D eigenvalue weighted by atomic mass is 16.5. The second kappa shape index (κ2) is 7.54. The minimum atomic E-state index is -0.258. The Morgan fingerprint density at radius 1 is 1.12 bits per heavy atom. The standard InChI is InChI=1S/C17H21N3O4/c1-11-8-15(20(2)19-11)18-16(21)7-6-12-9-13(22-3)17(24-5)14(10-12)23-4/h6-10H,1-5H3,(H,18,21)/b7-6+. The van der Waals surface area contributed by atoms with Gasteiger partial charge in [-0.05, 0) is 30.7 Å². The van der Waals surface area contributed by atoms with Crippen molar-refractivity contribution in [3.8, 4) is 17.2 Å². The SMILES string of the molecule is COc1cc(/C=C/C(=O)Nc2cc(C)nn2C)cc(OC)c1OC. The van der Waals surface area contributed by atoms with Crippen molar-refractivity contribution in [2.24, 2.45) is 7.05 Å². The average molecular weight is 331 g/mol. The van der Waals surface area contributed by atoms with Crippen LogP contribution in [-0.4, -0.2) is 37.0 Å². The zero-order valence-corrected chi connectivity index (χ0v) is 14.4. The summed E-state index contributed by atoms with van der Waals surface area (Å²) in [6, 6.07) is 5.32. The molecule has 1 heterocycles. The molecule has 0 unspecified atom stereocenters. The molecule has 0 bridgehead atoms. The largest absolute Gasteiger partial charge is 0.493 e. The number of nitrogens with zero attached hydrogens (tertiary/aromatic N) is 2. The van der Waals surface area contributed by atoms with Crippen LogP contribution in [-0.2, 0) is 11.8 Å². The van der Waals surface area contributed by atoms with Crippen LogP contribution in [0.1, 0.15) is 11.3 Å². The van der Waals surface area contributed by atoms with E-state index in [-0.39, 0.29) is 5.91 Å². The van der Waals surface area contributed by atoms with E-state index in [0.29, 0.717) is 23.1 Å². The number of amides is 1. The quantitative estimate of drug-likeness (QED) is 0.823. The highest BCUT2D eigenvalue weighted by Gasteiger charge is 2.12. The van der Waals surface area contributed by atoms with Gasteiger partial charge in [-0.2, -0.15) is 5.10 Å². The number of carbonyl (C=O) groups excluding carboxylic acids is 1. The van der Waals surface area contributed by atoms with Gasteiger partial charge >= 0.3 is 0 Å². The van der Waals surface area contributed by atoms with Crippen LogP contribution in [0, 0.1) is 6.92 Å². The number of hydrogen-bond acceptors (Lipinski definition) is 5. The number of carbonyl (C=O) groups is 1. The van der Waals surface area contributed by atoms with Gasteiger partial charge in [0.2, 0.25) is 11.7 Å². The third-order valence-electron chi connectivity index (χ3n) is 3.37. The molecule has 1 amide bonds. The van der Waals surface area contributed by atoms with Gasteiger partial charge in [-0.1, -0.05) is 0 Å². The minimum absolute atomic E-state index is 0.258. The summed E-state index contributed by atoms with van der Waals surface area (Å²) in [7, 11) is 6.40. The second-order valence-corrected chi connectivity index (χ2v) is 5.08. The first-order chi connectivity index (χ1) is 11.5. The number of anilines is 1. The van der Waals surface area contributed by atoms with Crippen molar-refractivity contribution in [2.75, 3.05) is 26.6 Å². The normalized spacial score (nSPS) is 10.7. The lowest BCUT2D eigenvalue weighted by Crippen LogP contribution is -2.11. The van der Waals surface area contributed by atoms with Gasteiger partial charge in [0.05, 0.1) is 27.0 Å². The first kappa shape index (κ1) is 17.4. The molecule has 0 saturated heterocycles. The number of methoxy groups -OCH3 is 3. The summed E-state index contributed by atoms with van der Waals surface area (Å²) in [6.45, 7) is 1.86. The van der Waals surface area contributed by atoms with Gasteiger partial charge in [0, 0.05) is 19.2 Å². The molecule has 2 rings (SSSR count). The number of ether oxygens (including phenoxy) is 3. The van der Waals surface area contributed by atoms with E-state index in [4.69, 9.17) is 14.2 Å². The molecule has 0 aliphatic rings. The van der Waals surface area contributed by atoms with Crippen molar-refractivity contribution < 1.29 is 19.0 Å². The predicted molar refractivity (Wildman–Crippen MR) is 91.7 cm³/mol. The zero-order valence-electron chi connectivity index (χ0n) is 14.4. The molecule has 0 aliphatic carbocycles.